The van der Waals surface area contributed by atoms with Crippen LogP contribution in [0, 0.1) is 11.3 Å². The summed E-state index contributed by atoms with van der Waals surface area (Å²) in [4.78, 5) is 2.55. The molecular weight excluding hydrogens is 248 g/mol. The summed E-state index contributed by atoms with van der Waals surface area (Å²) in [5.74, 6) is 0.743. The van der Waals surface area contributed by atoms with Gasteiger partial charge in [-0.15, -0.1) is 0 Å². The zero-order chi connectivity index (χ0) is 14.0. The predicted octanol–water partition coefficient (Wildman–Crippen LogP) is 2.39. The average Bonchev–Trinajstić information content (AvgIpc) is 3.20. The molecule has 3 aliphatic carbocycles. The first-order valence-corrected chi connectivity index (χ1v) is 8.75. The molecule has 0 saturated heterocycles. The van der Waals surface area contributed by atoms with Crippen molar-refractivity contribution >= 4 is 0 Å². The molecule has 0 spiro atoms. The molecule has 0 aliphatic heterocycles. The molecule has 0 bridgehead atoms. The van der Waals surface area contributed by atoms with Crippen molar-refractivity contribution in [1.82, 2.24) is 10.2 Å². The van der Waals surface area contributed by atoms with Gasteiger partial charge < -0.3 is 15.3 Å². The summed E-state index contributed by atoms with van der Waals surface area (Å²) in [5, 5.41) is 13.2. The summed E-state index contributed by atoms with van der Waals surface area (Å²) in [7, 11) is 2.29. The average molecular weight is 280 g/mol. The molecule has 20 heavy (non-hydrogen) atoms. The van der Waals surface area contributed by atoms with Gasteiger partial charge in [-0.25, -0.2) is 0 Å². The smallest absolute Gasteiger partial charge is 0.0546 e. The number of hydrogen-bond acceptors (Lipinski definition) is 3. The molecule has 0 unspecified atom stereocenters. The maximum absolute atomic E-state index is 9.43. The quantitative estimate of drug-likeness (QED) is 0.751. The molecule has 0 aromatic carbocycles. The monoisotopic (exact) mass is 280 g/mol. The van der Waals surface area contributed by atoms with Gasteiger partial charge in [-0.3, -0.25) is 0 Å². The van der Waals surface area contributed by atoms with Crippen molar-refractivity contribution in [2.45, 2.75) is 69.9 Å². The molecule has 3 fully saturated rings. The van der Waals surface area contributed by atoms with Crippen LogP contribution in [0.4, 0.5) is 0 Å². The largest absolute Gasteiger partial charge is 0.393 e. The van der Waals surface area contributed by atoms with Gasteiger partial charge in [0, 0.05) is 25.7 Å². The second-order valence-electron chi connectivity index (χ2n) is 7.90. The predicted molar refractivity (Wildman–Crippen MR) is 82.8 cm³/mol. The molecule has 0 amide bonds. The fourth-order valence-corrected chi connectivity index (χ4v) is 4.27. The van der Waals surface area contributed by atoms with Crippen LogP contribution < -0.4 is 5.32 Å². The molecule has 0 radical (unpaired) electrons. The maximum Gasteiger partial charge on any atom is 0.0546 e. The molecule has 0 heterocycles. The van der Waals surface area contributed by atoms with E-state index in [1.165, 1.54) is 64.6 Å². The van der Waals surface area contributed by atoms with Gasteiger partial charge in [0.25, 0.3) is 0 Å². The topological polar surface area (TPSA) is 35.5 Å². The first kappa shape index (κ1) is 14.8. The summed E-state index contributed by atoms with van der Waals surface area (Å²) in [6.45, 7) is 3.66. The highest BCUT2D eigenvalue weighted by atomic mass is 16.3. The Balaban J connectivity index is 1.48. The lowest BCUT2D eigenvalue weighted by atomic mass is 9.73. The Bertz CT molecular complexity index is 304. The maximum atomic E-state index is 9.43. The second kappa shape index (κ2) is 6.33. The number of rotatable bonds is 7. The summed E-state index contributed by atoms with van der Waals surface area (Å²) in [6, 6.07) is 0.834. The SMILES string of the molecule is CN(CC1CC(O)C1)CC1(CNC2CC2)CCCCC1. The molecule has 0 aromatic heterocycles. The molecule has 0 atom stereocenters. The van der Waals surface area contributed by atoms with E-state index in [1.807, 2.05) is 0 Å². The first-order valence-electron chi connectivity index (χ1n) is 8.75. The first-order chi connectivity index (χ1) is 9.65. The summed E-state index contributed by atoms with van der Waals surface area (Å²) >= 11 is 0. The van der Waals surface area contributed by atoms with E-state index in [4.69, 9.17) is 0 Å². The van der Waals surface area contributed by atoms with Crippen molar-refractivity contribution < 1.29 is 5.11 Å². The van der Waals surface area contributed by atoms with Gasteiger partial charge >= 0.3 is 0 Å². The lowest BCUT2D eigenvalue weighted by molar-refractivity contribution is 0.0180. The number of aliphatic hydroxyl groups excluding tert-OH is 1. The van der Waals surface area contributed by atoms with E-state index < -0.39 is 0 Å². The van der Waals surface area contributed by atoms with E-state index in [-0.39, 0.29) is 6.10 Å². The Hall–Kier alpha value is -0.120. The van der Waals surface area contributed by atoms with Crippen molar-refractivity contribution in [3.63, 3.8) is 0 Å². The van der Waals surface area contributed by atoms with Crippen LogP contribution in [0.1, 0.15) is 57.8 Å². The second-order valence-corrected chi connectivity index (χ2v) is 7.90. The zero-order valence-electron chi connectivity index (χ0n) is 13.1. The van der Waals surface area contributed by atoms with Gasteiger partial charge in [0.2, 0.25) is 0 Å². The molecule has 3 nitrogen and oxygen atoms in total. The third-order valence-corrected chi connectivity index (χ3v) is 5.64. The minimum Gasteiger partial charge on any atom is -0.393 e. The van der Waals surface area contributed by atoms with E-state index >= 15 is 0 Å². The van der Waals surface area contributed by atoms with Gasteiger partial charge in [0.15, 0.2) is 0 Å². The van der Waals surface area contributed by atoms with Crippen LogP contribution in [0.5, 0.6) is 0 Å². The summed E-state index contributed by atoms with van der Waals surface area (Å²) < 4.78 is 0. The third-order valence-electron chi connectivity index (χ3n) is 5.64. The number of nitrogens with zero attached hydrogens (tertiary/aromatic N) is 1. The van der Waals surface area contributed by atoms with Crippen LogP contribution in [0.15, 0.2) is 0 Å². The van der Waals surface area contributed by atoms with Crippen molar-refractivity contribution in [3.8, 4) is 0 Å². The number of aliphatic hydroxyl groups is 1. The number of hydrogen-bond donors (Lipinski definition) is 2. The van der Waals surface area contributed by atoms with Gasteiger partial charge in [-0.05, 0) is 56.9 Å². The summed E-state index contributed by atoms with van der Waals surface area (Å²) in [6.07, 6.45) is 11.9. The van der Waals surface area contributed by atoms with Gasteiger partial charge in [-0.1, -0.05) is 19.3 Å². The van der Waals surface area contributed by atoms with Crippen LogP contribution >= 0.6 is 0 Å². The van der Waals surface area contributed by atoms with Crippen molar-refractivity contribution in [2.75, 3.05) is 26.7 Å². The molecule has 116 valence electrons. The lowest BCUT2D eigenvalue weighted by Gasteiger charge is -2.42. The highest BCUT2D eigenvalue weighted by Crippen LogP contribution is 2.38. The normalized spacial score (nSPS) is 33.1. The summed E-state index contributed by atoms with van der Waals surface area (Å²) in [5.41, 5.74) is 0.526. The standard InChI is InChI=1S/C17H32N2O/c1-19(11-14-9-16(20)10-14)13-17(7-3-2-4-8-17)12-18-15-5-6-15/h14-16,18,20H,2-13H2,1H3. The molecule has 2 N–H and O–H groups in total. The molecule has 3 aliphatic rings. The molecule has 3 saturated carbocycles. The van der Waals surface area contributed by atoms with E-state index in [2.05, 4.69) is 17.3 Å². The zero-order valence-corrected chi connectivity index (χ0v) is 13.1. The number of nitrogens with one attached hydrogen (secondary N) is 1. The highest BCUT2D eigenvalue weighted by Gasteiger charge is 2.36. The van der Waals surface area contributed by atoms with Crippen LogP contribution in [-0.4, -0.2) is 48.8 Å². The minimum atomic E-state index is -0.00595. The molecular formula is C17H32N2O. The van der Waals surface area contributed by atoms with Crippen LogP contribution in [0.25, 0.3) is 0 Å². The van der Waals surface area contributed by atoms with Crippen molar-refractivity contribution in [3.05, 3.63) is 0 Å². The van der Waals surface area contributed by atoms with Crippen molar-refractivity contribution in [2.24, 2.45) is 11.3 Å². The van der Waals surface area contributed by atoms with E-state index in [0.717, 1.165) is 24.8 Å². The molecule has 3 heteroatoms. The van der Waals surface area contributed by atoms with Gasteiger partial charge in [-0.2, -0.15) is 0 Å². The highest BCUT2D eigenvalue weighted by molar-refractivity contribution is 4.92. The fourth-order valence-electron chi connectivity index (χ4n) is 4.27. The Morgan fingerprint density at radius 2 is 1.85 bits per heavy atom. The molecule has 3 rings (SSSR count). The van der Waals surface area contributed by atoms with Crippen LogP contribution in [-0.2, 0) is 0 Å². The minimum absolute atomic E-state index is 0.00595. The Labute approximate surface area is 124 Å². The van der Waals surface area contributed by atoms with Crippen LogP contribution in [0.2, 0.25) is 0 Å². The Morgan fingerprint density at radius 3 is 2.45 bits per heavy atom. The van der Waals surface area contributed by atoms with Gasteiger partial charge in [0.05, 0.1) is 6.10 Å². The van der Waals surface area contributed by atoms with E-state index in [9.17, 15) is 5.11 Å². The Morgan fingerprint density at radius 1 is 1.15 bits per heavy atom. The molecule has 0 aromatic rings. The Kier molecular flexibility index (Phi) is 4.68. The van der Waals surface area contributed by atoms with Crippen molar-refractivity contribution in [1.29, 1.82) is 0 Å². The third kappa shape index (κ3) is 3.96. The fraction of sp³-hybridized carbons (Fsp3) is 1.00. The van der Waals surface area contributed by atoms with E-state index in [1.54, 1.807) is 0 Å². The van der Waals surface area contributed by atoms with Crippen LogP contribution in [0.3, 0.4) is 0 Å². The van der Waals surface area contributed by atoms with E-state index in [0.29, 0.717) is 5.41 Å². The lowest BCUT2D eigenvalue weighted by Crippen LogP contribution is -2.47. The van der Waals surface area contributed by atoms with Gasteiger partial charge in [0.1, 0.15) is 0 Å².